The molecule has 61 heavy (non-hydrogen) atoms. The molecule has 1 saturated heterocycles. The van der Waals surface area contributed by atoms with E-state index in [2.05, 4.69) is 12.1 Å². The van der Waals surface area contributed by atoms with Crippen molar-refractivity contribution in [2.24, 2.45) is 5.41 Å². The third-order valence-corrected chi connectivity index (χ3v) is 11.9. The number of ether oxygens (including phenoxy) is 6. The van der Waals surface area contributed by atoms with Crippen molar-refractivity contribution in [3.63, 3.8) is 0 Å². The molecule has 5 atom stereocenters. The van der Waals surface area contributed by atoms with Gasteiger partial charge in [0.25, 0.3) is 0 Å². The molecule has 1 fully saturated rings. The maximum absolute atomic E-state index is 14.4. The predicted molar refractivity (Wildman–Crippen MR) is 229 cm³/mol. The van der Waals surface area contributed by atoms with Crippen molar-refractivity contribution in [1.82, 2.24) is 0 Å². The lowest BCUT2D eigenvalue weighted by Crippen LogP contribution is -2.62. The highest BCUT2D eigenvalue weighted by Gasteiger charge is 2.55. The number of phosphoric ester groups is 1. The number of benzene rings is 4. The van der Waals surface area contributed by atoms with Crippen LogP contribution in [0.15, 0.2) is 109 Å². The van der Waals surface area contributed by atoms with E-state index in [9.17, 15) is 14.2 Å². The lowest BCUT2D eigenvalue weighted by molar-refractivity contribution is -0.299. The van der Waals surface area contributed by atoms with Crippen molar-refractivity contribution in [1.29, 1.82) is 0 Å². The molecule has 1 aliphatic carbocycles. The summed E-state index contributed by atoms with van der Waals surface area (Å²) >= 11 is 0. The first-order valence-corrected chi connectivity index (χ1v) is 22.7. The molecule has 0 spiro atoms. The molecule has 12 nitrogen and oxygen atoms in total. The van der Waals surface area contributed by atoms with E-state index < -0.39 is 56.1 Å². The topological polar surface area (TPSA) is 134 Å². The van der Waals surface area contributed by atoms with Crippen molar-refractivity contribution in [3.8, 4) is 11.1 Å². The smallest absolute Gasteiger partial charge is 0.454 e. The molecule has 1 aliphatic heterocycles. The monoisotopic (exact) mass is 858 g/mol. The lowest BCUT2D eigenvalue weighted by Gasteiger charge is -2.45. The Bertz CT molecular complexity index is 1980. The van der Waals surface area contributed by atoms with Crippen LogP contribution >= 0.6 is 7.82 Å². The minimum Gasteiger partial charge on any atom is -0.454 e. The van der Waals surface area contributed by atoms with Gasteiger partial charge in [-0.25, -0.2) is 9.36 Å². The Hall–Kier alpha value is -4.39. The van der Waals surface area contributed by atoms with E-state index in [1.807, 2.05) is 111 Å². The fraction of sp³-hybridized carbons (Fsp3) is 0.458. The van der Waals surface area contributed by atoms with Gasteiger partial charge in [0, 0.05) is 5.92 Å². The minimum atomic E-state index is -4.34. The van der Waals surface area contributed by atoms with Gasteiger partial charge in [0.05, 0.1) is 38.4 Å². The van der Waals surface area contributed by atoms with E-state index in [1.54, 1.807) is 20.8 Å². The third kappa shape index (κ3) is 12.6. The number of esters is 1. The summed E-state index contributed by atoms with van der Waals surface area (Å²) in [6, 6.07) is 35.0. The Labute approximate surface area is 359 Å². The van der Waals surface area contributed by atoms with Crippen LogP contribution in [0.5, 0.6) is 0 Å². The highest BCUT2D eigenvalue weighted by molar-refractivity contribution is 7.48. The summed E-state index contributed by atoms with van der Waals surface area (Å²) in [6.45, 7) is 9.29. The summed E-state index contributed by atoms with van der Waals surface area (Å²) in [6.07, 6.45) is -4.94. The molecule has 1 heterocycles. The molecule has 0 N–H and O–H groups in total. The lowest BCUT2D eigenvalue weighted by atomic mass is 9.95. The number of hydrogen-bond donors (Lipinski definition) is 0. The maximum atomic E-state index is 14.4. The van der Waals surface area contributed by atoms with Gasteiger partial charge in [-0.05, 0) is 67.0 Å². The number of phosphoric acid groups is 1. The van der Waals surface area contributed by atoms with Crippen molar-refractivity contribution >= 4 is 19.9 Å². The van der Waals surface area contributed by atoms with Gasteiger partial charge in [-0.3, -0.25) is 18.4 Å². The largest absolute Gasteiger partial charge is 0.508 e. The Balaban J connectivity index is 1.34. The second-order valence-electron chi connectivity index (χ2n) is 16.2. The number of hydrogen-bond acceptors (Lipinski definition) is 12. The summed E-state index contributed by atoms with van der Waals surface area (Å²) in [5.41, 5.74) is 4.92. The molecule has 0 bridgehead atoms. The van der Waals surface area contributed by atoms with E-state index in [0.29, 0.717) is 12.8 Å². The number of rotatable bonds is 21. The van der Waals surface area contributed by atoms with Crippen molar-refractivity contribution < 1.29 is 56.1 Å². The zero-order valence-electron chi connectivity index (χ0n) is 35.8. The van der Waals surface area contributed by atoms with Crippen LogP contribution in [-0.4, -0.2) is 69.3 Å². The summed E-state index contributed by atoms with van der Waals surface area (Å²) in [4.78, 5) is 27.8. The summed E-state index contributed by atoms with van der Waals surface area (Å²) < 4.78 is 70.0. The molecule has 0 aromatic heterocycles. The van der Waals surface area contributed by atoms with Gasteiger partial charge in [0.2, 0.25) is 6.29 Å². The average molecular weight is 859 g/mol. The number of fused-ring (bicyclic) bond motifs is 3. The molecule has 1 unspecified atom stereocenters. The summed E-state index contributed by atoms with van der Waals surface area (Å²) in [7, 11) is -4.34. The van der Waals surface area contributed by atoms with E-state index in [-0.39, 0.29) is 45.6 Å². The molecule has 0 saturated carbocycles. The highest BCUT2D eigenvalue weighted by atomic mass is 31.2. The second-order valence-corrected chi connectivity index (χ2v) is 17.8. The van der Waals surface area contributed by atoms with Crippen molar-refractivity contribution in [2.75, 3.05) is 26.4 Å². The molecule has 328 valence electrons. The van der Waals surface area contributed by atoms with Crippen LogP contribution in [0.4, 0.5) is 4.79 Å². The molecule has 4 aromatic rings. The highest BCUT2D eigenvalue weighted by Crippen LogP contribution is 2.53. The molecule has 4 aromatic carbocycles. The number of carbonyl (C=O) groups excluding carboxylic acids is 2. The Kier molecular flexibility index (Phi) is 16.7. The van der Waals surface area contributed by atoms with E-state index in [0.717, 1.165) is 46.2 Å². The molecule has 13 heteroatoms. The number of carbonyl (C=O) groups is 2. The standard InChI is InChI=1S/C48H59O12P/c1-6-8-28-55-61(51,56-29-9-7-2)60-45-44(58-46(49)48(3,4)5)43(53-31-35-22-14-11-15-23-35)42(41(57-45)33-52-30-34-20-12-10-13-21-34)59-47(50)54-32-40-38-26-18-16-24-36(38)37-25-17-19-27-39(37)40/h10-27,40-45H,6-9,28-33H2,1-5H3/t41-,42-,43+,44-,45?/m1/s1. The van der Waals surface area contributed by atoms with E-state index in [1.165, 1.54) is 0 Å². The first kappa shape index (κ1) is 46.1. The normalized spacial score (nSPS) is 20.1. The maximum Gasteiger partial charge on any atom is 0.508 e. The SMILES string of the molecule is CCCCOP(=O)(OCCCC)OC1O[C@H](COCc2ccccc2)[C@@H](OC(=O)OCC2c3ccccc3-c3ccccc32)[C@H](OCc2ccccc2)[C@H]1OC(=O)C(C)(C)C. The molecular weight excluding hydrogens is 799 g/mol. The summed E-state index contributed by atoms with van der Waals surface area (Å²) in [5.74, 6) is -0.860. The van der Waals surface area contributed by atoms with Gasteiger partial charge in [-0.2, -0.15) is 0 Å². The van der Waals surface area contributed by atoms with Gasteiger partial charge in [0.15, 0.2) is 12.2 Å². The van der Waals surface area contributed by atoms with Gasteiger partial charge in [0.1, 0.15) is 18.8 Å². The van der Waals surface area contributed by atoms with Crippen molar-refractivity contribution in [2.45, 2.75) is 110 Å². The Morgan fingerprint density at radius 3 is 1.75 bits per heavy atom. The van der Waals surface area contributed by atoms with Crippen molar-refractivity contribution in [3.05, 3.63) is 131 Å². The fourth-order valence-electron chi connectivity index (χ4n) is 7.09. The number of unbranched alkanes of at least 4 members (excludes halogenated alkanes) is 2. The van der Waals surface area contributed by atoms with Crippen LogP contribution in [0.2, 0.25) is 0 Å². The average Bonchev–Trinajstić information content (AvgIpc) is 3.58. The van der Waals surface area contributed by atoms with Gasteiger partial charge >= 0.3 is 19.9 Å². The van der Waals surface area contributed by atoms with E-state index >= 15 is 0 Å². The quantitative estimate of drug-likeness (QED) is 0.0448. The Morgan fingerprint density at radius 1 is 0.656 bits per heavy atom. The van der Waals surface area contributed by atoms with Crippen LogP contribution < -0.4 is 0 Å². The zero-order chi connectivity index (χ0) is 43.2. The van der Waals surface area contributed by atoms with Crippen LogP contribution in [-0.2, 0) is 64.6 Å². The van der Waals surface area contributed by atoms with Gasteiger partial charge in [-0.15, -0.1) is 0 Å². The molecule has 0 amide bonds. The third-order valence-electron chi connectivity index (χ3n) is 10.4. The first-order valence-electron chi connectivity index (χ1n) is 21.2. The van der Waals surface area contributed by atoms with Crippen LogP contribution in [0.25, 0.3) is 11.1 Å². The predicted octanol–water partition coefficient (Wildman–Crippen LogP) is 10.6. The van der Waals surface area contributed by atoms with Crippen LogP contribution in [0, 0.1) is 5.41 Å². The zero-order valence-corrected chi connectivity index (χ0v) is 36.7. The first-order chi connectivity index (χ1) is 29.5. The fourth-order valence-corrected chi connectivity index (χ4v) is 8.42. The van der Waals surface area contributed by atoms with Gasteiger partial charge in [-0.1, -0.05) is 136 Å². The van der Waals surface area contributed by atoms with Crippen LogP contribution in [0.3, 0.4) is 0 Å². The van der Waals surface area contributed by atoms with Crippen LogP contribution in [0.1, 0.15) is 88.5 Å². The summed E-state index contributed by atoms with van der Waals surface area (Å²) in [5, 5.41) is 0. The Morgan fingerprint density at radius 2 is 1.20 bits per heavy atom. The van der Waals surface area contributed by atoms with Gasteiger partial charge < -0.3 is 28.4 Å². The molecule has 0 radical (unpaired) electrons. The second kappa shape index (κ2) is 22.1. The molecule has 6 rings (SSSR count). The molecule has 2 aliphatic rings. The van der Waals surface area contributed by atoms with E-state index in [4.69, 9.17) is 42.0 Å². The minimum absolute atomic E-state index is 0.00724. The molecular formula is C48H59O12P.